The van der Waals surface area contributed by atoms with E-state index in [2.05, 4.69) is 10.1 Å². The van der Waals surface area contributed by atoms with Gasteiger partial charge in [-0.25, -0.2) is 9.59 Å². The third kappa shape index (κ3) is 5.03. The van der Waals surface area contributed by atoms with Gasteiger partial charge in [0.2, 0.25) is 0 Å². The fourth-order valence-electron chi connectivity index (χ4n) is 3.40. The van der Waals surface area contributed by atoms with Crippen LogP contribution in [0.4, 0.5) is 13.6 Å². The van der Waals surface area contributed by atoms with Crippen LogP contribution in [0.15, 0.2) is 23.4 Å². The monoisotopic (exact) mass is 412 g/mol. The molecular weight excluding hydrogens is 386 g/mol. The van der Waals surface area contributed by atoms with E-state index in [9.17, 15) is 18.4 Å². The van der Waals surface area contributed by atoms with E-state index in [4.69, 9.17) is 9.47 Å². The summed E-state index contributed by atoms with van der Waals surface area (Å²) in [5.41, 5.74) is 2.27. The van der Waals surface area contributed by atoms with Gasteiger partial charge < -0.3 is 19.5 Å². The van der Waals surface area contributed by atoms with E-state index in [-0.39, 0.29) is 30.6 Å². The Labute approximate surface area is 168 Å². The molecule has 0 fully saturated rings. The number of benzene rings is 1. The highest BCUT2D eigenvalue weighted by Gasteiger charge is 2.36. The first-order valence-electron chi connectivity index (χ1n) is 9.22. The Hall–Kier alpha value is -2.68. The SMILES string of the molecule is CCN1C(=O)N[C@@H](c2cc(C)c(OC(F)F)c(C)c2)C(C(=O)OCCOC)=C1C. The molecule has 0 aromatic heterocycles. The molecule has 2 amide bonds. The average Bonchev–Trinajstić information content (AvgIpc) is 2.64. The highest BCUT2D eigenvalue weighted by Crippen LogP contribution is 2.35. The van der Waals surface area contributed by atoms with Gasteiger partial charge in [-0.3, -0.25) is 4.90 Å². The number of esters is 1. The summed E-state index contributed by atoms with van der Waals surface area (Å²) in [7, 11) is 1.50. The number of urea groups is 1. The number of allylic oxidation sites excluding steroid dienone is 1. The second-order valence-corrected chi connectivity index (χ2v) is 6.62. The molecule has 1 aliphatic heterocycles. The molecule has 0 radical (unpaired) electrons. The van der Waals surface area contributed by atoms with Crippen molar-refractivity contribution in [1.29, 1.82) is 0 Å². The number of alkyl halides is 2. The summed E-state index contributed by atoms with van der Waals surface area (Å²) >= 11 is 0. The predicted molar refractivity (Wildman–Crippen MR) is 102 cm³/mol. The Morgan fingerprint density at radius 3 is 2.34 bits per heavy atom. The molecule has 0 saturated carbocycles. The molecule has 7 nitrogen and oxygen atoms in total. The smallest absolute Gasteiger partial charge is 0.387 e. The third-order valence-corrected chi connectivity index (χ3v) is 4.68. The first-order valence-corrected chi connectivity index (χ1v) is 9.22. The molecular formula is C20H26F2N2O5. The number of nitrogens with one attached hydrogen (secondary N) is 1. The second kappa shape index (κ2) is 9.69. The van der Waals surface area contributed by atoms with Crippen LogP contribution in [0.2, 0.25) is 0 Å². The van der Waals surface area contributed by atoms with Crippen molar-refractivity contribution in [3.05, 3.63) is 40.1 Å². The first kappa shape index (κ1) is 22.6. The van der Waals surface area contributed by atoms with E-state index in [0.717, 1.165) is 0 Å². The van der Waals surface area contributed by atoms with Crippen molar-refractivity contribution in [2.24, 2.45) is 0 Å². The van der Waals surface area contributed by atoms with E-state index in [0.29, 0.717) is 28.9 Å². The molecule has 29 heavy (non-hydrogen) atoms. The Bertz CT molecular complexity index is 787. The van der Waals surface area contributed by atoms with E-state index in [1.54, 1.807) is 39.8 Å². The largest absolute Gasteiger partial charge is 0.460 e. The van der Waals surface area contributed by atoms with Crippen LogP contribution in [0, 0.1) is 13.8 Å². The van der Waals surface area contributed by atoms with Crippen molar-refractivity contribution in [3.8, 4) is 5.75 Å². The van der Waals surface area contributed by atoms with Gasteiger partial charge in [-0.1, -0.05) is 0 Å². The lowest BCUT2D eigenvalue weighted by atomic mass is 9.92. The molecule has 0 saturated heterocycles. The number of methoxy groups -OCH3 is 1. The zero-order valence-corrected chi connectivity index (χ0v) is 17.2. The maximum absolute atomic E-state index is 12.8. The minimum absolute atomic E-state index is 0.0676. The van der Waals surface area contributed by atoms with Crippen LogP contribution in [-0.2, 0) is 14.3 Å². The number of aryl methyl sites for hydroxylation is 2. The molecule has 1 heterocycles. The van der Waals surface area contributed by atoms with Gasteiger partial charge in [0.05, 0.1) is 18.2 Å². The normalized spacial score (nSPS) is 16.9. The van der Waals surface area contributed by atoms with Gasteiger partial charge in [-0.05, 0) is 56.5 Å². The lowest BCUT2D eigenvalue weighted by Crippen LogP contribution is -2.48. The molecule has 0 bridgehead atoms. The number of hydrogen-bond donors (Lipinski definition) is 1. The number of carbonyl (C=O) groups excluding carboxylic acids is 2. The van der Waals surface area contributed by atoms with Crippen molar-refractivity contribution < 1.29 is 32.6 Å². The average molecular weight is 412 g/mol. The van der Waals surface area contributed by atoms with Gasteiger partial charge in [-0.15, -0.1) is 0 Å². The third-order valence-electron chi connectivity index (χ3n) is 4.68. The Morgan fingerprint density at radius 1 is 1.21 bits per heavy atom. The number of nitrogens with zero attached hydrogens (tertiary/aromatic N) is 1. The summed E-state index contributed by atoms with van der Waals surface area (Å²) in [5, 5.41) is 2.81. The molecule has 1 atom stereocenters. The lowest BCUT2D eigenvalue weighted by molar-refractivity contribution is -0.140. The Morgan fingerprint density at radius 2 is 1.83 bits per heavy atom. The Balaban J connectivity index is 2.49. The topological polar surface area (TPSA) is 77.1 Å². The summed E-state index contributed by atoms with van der Waals surface area (Å²) in [6.07, 6.45) is 0. The summed E-state index contributed by atoms with van der Waals surface area (Å²) in [5.74, 6) is -0.503. The maximum atomic E-state index is 12.8. The molecule has 0 unspecified atom stereocenters. The molecule has 1 aliphatic rings. The van der Waals surface area contributed by atoms with Crippen LogP contribution in [0.5, 0.6) is 5.75 Å². The molecule has 2 rings (SSSR count). The fraction of sp³-hybridized carbons (Fsp3) is 0.500. The second-order valence-electron chi connectivity index (χ2n) is 6.62. The highest BCUT2D eigenvalue weighted by molar-refractivity contribution is 5.95. The van der Waals surface area contributed by atoms with Gasteiger partial charge >= 0.3 is 18.6 Å². The zero-order chi connectivity index (χ0) is 21.7. The van der Waals surface area contributed by atoms with Crippen molar-refractivity contribution >= 4 is 12.0 Å². The first-order chi connectivity index (χ1) is 13.7. The molecule has 1 aromatic carbocycles. The van der Waals surface area contributed by atoms with Gasteiger partial charge in [-0.2, -0.15) is 8.78 Å². The van der Waals surface area contributed by atoms with E-state index < -0.39 is 18.6 Å². The molecule has 160 valence electrons. The van der Waals surface area contributed by atoms with Gasteiger partial charge in [0.15, 0.2) is 0 Å². The minimum Gasteiger partial charge on any atom is -0.460 e. The standard InChI is InChI=1S/C20H26F2N2O5/c1-6-24-13(4)15(18(25)28-8-7-27-5)16(23-20(24)26)14-9-11(2)17(12(3)10-14)29-19(21)22/h9-10,16,19H,6-8H2,1-5H3,(H,23,26)/t16-/m0/s1. The number of ether oxygens (including phenoxy) is 3. The summed E-state index contributed by atoms with van der Waals surface area (Å²) in [6.45, 7) is 4.47. The molecule has 1 N–H and O–H groups in total. The maximum Gasteiger partial charge on any atom is 0.387 e. The number of rotatable bonds is 8. The van der Waals surface area contributed by atoms with Gasteiger partial charge in [0, 0.05) is 19.4 Å². The predicted octanol–water partition coefficient (Wildman–Crippen LogP) is 3.45. The van der Waals surface area contributed by atoms with Gasteiger partial charge in [0.1, 0.15) is 12.4 Å². The summed E-state index contributed by atoms with van der Waals surface area (Å²) < 4.78 is 40.1. The molecule has 0 aliphatic carbocycles. The van der Waals surface area contributed by atoms with Crippen LogP contribution in [0.25, 0.3) is 0 Å². The van der Waals surface area contributed by atoms with Gasteiger partial charge in [0.25, 0.3) is 0 Å². The van der Waals surface area contributed by atoms with E-state index >= 15 is 0 Å². The van der Waals surface area contributed by atoms with Crippen molar-refractivity contribution in [1.82, 2.24) is 10.2 Å². The van der Waals surface area contributed by atoms with E-state index in [1.165, 1.54) is 12.0 Å². The van der Waals surface area contributed by atoms with E-state index in [1.807, 2.05) is 0 Å². The van der Waals surface area contributed by atoms with Crippen molar-refractivity contribution in [3.63, 3.8) is 0 Å². The van der Waals surface area contributed by atoms with Crippen LogP contribution < -0.4 is 10.1 Å². The number of halogens is 2. The van der Waals surface area contributed by atoms with Crippen LogP contribution in [0.3, 0.4) is 0 Å². The van der Waals surface area contributed by atoms with Crippen LogP contribution >= 0.6 is 0 Å². The quantitative estimate of drug-likeness (QED) is 0.523. The molecule has 1 aromatic rings. The minimum atomic E-state index is -2.95. The zero-order valence-electron chi connectivity index (χ0n) is 17.2. The molecule has 9 heteroatoms. The van der Waals surface area contributed by atoms with Crippen LogP contribution in [0.1, 0.15) is 36.6 Å². The highest BCUT2D eigenvalue weighted by atomic mass is 19.3. The fourth-order valence-corrected chi connectivity index (χ4v) is 3.40. The lowest BCUT2D eigenvalue weighted by Gasteiger charge is -2.35. The number of hydrogen-bond acceptors (Lipinski definition) is 5. The van der Waals surface area contributed by atoms with Crippen molar-refractivity contribution in [2.75, 3.05) is 26.9 Å². The van der Waals surface area contributed by atoms with Crippen molar-refractivity contribution in [2.45, 2.75) is 40.3 Å². The van der Waals surface area contributed by atoms with Crippen LogP contribution in [-0.4, -0.2) is 50.4 Å². The summed E-state index contributed by atoms with van der Waals surface area (Å²) in [4.78, 5) is 26.7. The number of carbonyl (C=O) groups is 2. The Kier molecular flexibility index (Phi) is 7.55. The number of amides is 2. The molecule has 0 spiro atoms. The summed E-state index contributed by atoms with van der Waals surface area (Å²) in [6, 6.07) is 2.10.